The molecule has 3 aromatic heterocycles. The van der Waals surface area contributed by atoms with Gasteiger partial charge in [0.15, 0.2) is 5.65 Å². The van der Waals surface area contributed by atoms with Gasteiger partial charge < -0.3 is 15.4 Å². The van der Waals surface area contributed by atoms with E-state index in [2.05, 4.69) is 21.5 Å². The second-order valence-electron chi connectivity index (χ2n) is 10.00. The normalized spacial score (nSPS) is 17.7. The fourth-order valence-electron chi connectivity index (χ4n) is 4.92. The minimum absolute atomic E-state index is 0.237. The molecular formula is C29H25FN8OS. The maximum Gasteiger partial charge on any atom is 0.274 e. The molecule has 1 aliphatic carbocycles. The van der Waals surface area contributed by atoms with Crippen LogP contribution in [-0.4, -0.2) is 41.6 Å². The van der Waals surface area contributed by atoms with E-state index in [4.69, 9.17) is 20.6 Å². The molecule has 0 saturated heterocycles. The number of thiazole rings is 1. The van der Waals surface area contributed by atoms with Crippen molar-refractivity contribution in [1.29, 1.82) is 0 Å². The summed E-state index contributed by atoms with van der Waals surface area (Å²) < 4.78 is 22.1. The van der Waals surface area contributed by atoms with Crippen LogP contribution in [0.15, 0.2) is 83.7 Å². The van der Waals surface area contributed by atoms with Gasteiger partial charge in [-0.2, -0.15) is 5.10 Å². The molecule has 7 rings (SSSR count). The molecular weight excluding hydrogens is 527 g/mol. The van der Waals surface area contributed by atoms with Crippen molar-refractivity contribution in [3.8, 4) is 15.8 Å². The summed E-state index contributed by atoms with van der Waals surface area (Å²) in [5.74, 6) is 0.691. The average molecular weight is 553 g/mol. The molecule has 2 N–H and O–H groups in total. The van der Waals surface area contributed by atoms with Gasteiger partial charge in [-0.15, -0.1) is 0 Å². The van der Waals surface area contributed by atoms with Crippen LogP contribution in [0.5, 0.6) is 5.19 Å². The number of aromatic nitrogens is 5. The van der Waals surface area contributed by atoms with Crippen molar-refractivity contribution in [2.45, 2.75) is 38.8 Å². The predicted octanol–water partition coefficient (Wildman–Crippen LogP) is 5.89. The summed E-state index contributed by atoms with van der Waals surface area (Å²) in [6, 6.07) is 6.04. The molecule has 1 unspecified atom stereocenters. The Hall–Kier alpha value is -4.64. The number of hydrogen-bond donors (Lipinski definition) is 1. The van der Waals surface area contributed by atoms with Crippen molar-refractivity contribution in [3.63, 3.8) is 0 Å². The molecule has 9 nitrogen and oxygen atoms in total. The summed E-state index contributed by atoms with van der Waals surface area (Å²) in [6.45, 7) is 8.39. The van der Waals surface area contributed by atoms with E-state index in [1.807, 2.05) is 43.2 Å². The highest BCUT2D eigenvalue weighted by Crippen LogP contribution is 2.42. The fourth-order valence-corrected chi connectivity index (χ4v) is 5.74. The maximum absolute atomic E-state index is 14.4. The number of nitrogens with two attached hydrogens (primary N) is 1. The van der Waals surface area contributed by atoms with Crippen LogP contribution in [0.1, 0.15) is 38.3 Å². The molecule has 4 aromatic rings. The standard InChI is InChI=1S/C29H25FN8OS/c1-15-7-10-22-35-25(23(16(2)37(22)13-15)18-5-4-6-19(30)11-18)17(3)38-28-24(27(31)33-14-34-28)26(36-38)21-12-32-29(40-21)39-20-8-9-20/h4-7,10-14,17,20H,2,8-9H2,1,3H3,(H2,31,33,34). The zero-order valence-electron chi connectivity index (χ0n) is 21.9. The van der Waals surface area contributed by atoms with Gasteiger partial charge in [-0.25, -0.2) is 29.0 Å². The van der Waals surface area contributed by atoms with Crippen molar-refractivity contribution in [2.24, 2.45) is 4.99 Å². The molecule has 1 fully saturated rings. The molecule has 40 heavy (non-hydrogen) atoms. The number of nitrogens with zero attached hydrogens (tertiary/aromatic N) is 7. The number of allylic oxidation sites excluding steroid dienone is 4. The first kappa shape index (κ1) is 24.4. The molecule has 1 atom stereocenters. The monoisotopic (exact) mass is 552 g/mol. The first-order valence-electron chi connectivity index (χ1n) is 12.9. The zero-order chi connectivity index (χ0) is 27.5. The molecule has 0 radical (unpaired) electrons. The van der Waals surface area contributed by atoms with E-state index < -0.39 is 6.04 Å². The van der Waals surface area contributed by atoms with E-state index >= 15 is 0 Å². The minimum atomic E-state index is -0.425. The number of halogens is 1. The van der Waals surface area contributed by atoms with Crippen LogP contribution in [0, 0.1) is 5.82 Å². The molecule has 200 valence electrons. The van der Waals surface area contributed by atoms with Gasteiger partial charge in [-0.3, -0.25) is 0 Å². The third-order valence-corrected chi connectivity index (χ3v) is 7.94. The van der Waals surface area contributed by atoms with Crippen molar-refractivity contribution in [1.82, 2.24) is 29.6 Å². The lowest BCUT2D eigenvalue weighted by molar-refractivity contribution is 0.301. The molecule has 1 aromatic carbocycles. The van der Waals surface area contributed by atoms with Gasteiger partial charge in [-0.1, -0.05) is 36.1 Å². The number of amidine groups is 1. The van der Waals surface area contributed by atoms with E-state index in [0.29, 0.717) is 50.5 Å². The van der Waals surface area contributed by atoms with Crippen LogP contribution in [0.25, 0.3) is 27.2 Å². The Kier molecular flexibility index (Phi) is 5.63. The van der Waals surface area contributed by atoms with E-state index in [-0.39, 0.29) is 11.9 Å². The zero-order valence-corrected chi connectivity index (χ0v) is 22.7. The number of nitrogen functional groups attached to an aromatic ring is 1. The van der Waals surface area contributed by atoms with Gasteiger partial charge in [-0.05, 0) is 56.0 Å². The molecule has 3 aliphatic rings. The lowest BCUT2D eigenvalue weighted by Crippen LogP contribution is -2.31. The highest BCUT2D eigenvalue weighted by molar-refractivity contribution is 7.16. The summed E-state index contributed by atoms with van der Waals surface area (Å²) in [5.41, 5.74) is 11.4. The van der Waals surface area contributed by atoms with Crippen LogP contribution >= 0.6 is 11.3 Å². The van der Waals surface area contributed by atoms with Gasteiger partial charge in [0.2, 0.25) is 0 Å². The first-order valence-corrected chi connectivity index (χ1v) is 13.7. The van der Waals surface area contributed by atoms with Crippen molar-refractivity contribution < 1.29 is 9.13 Å². The summed E-state index contributed by atoms with van der Waals surface area (Å²) in [4.78, 5) is 21.0. The van der Waals surface area contributed by atoms with Gasteiger partial charge in [0.1, 0.15) is 35.6 Å². The topological polar surface area (TPSA) is 107 Å². The smallest absolute Gasteiger partial charge is 0.274 e. The van der Waals surface area contributed by atoms with E-state index in [0.717, 1.165) is 28.9 Å². The minimum Gasteiger partial charge on any atom is -0.467 e. The van der Waals surface area contributed by atoms with Gasteiger partial charge >= 0.3 is 0 Å². The second kappa shape index (κ2) is 9.23. The molecule has 0 spiro atoms. The largest absolute Gasteiger partial charge is 0.467 e. The fraction of sp³-hybridized carbons (Fsp3) is 0.207. The van der Waals surface area contributed by atoms with Crippen LogP contribution in [0.2, 0.25) is 0 Å². The predicted molar refractivity (Wildman–Crippen MR) is 154 cm³/mol. The van der Waals surface area contributed by atoms with Crippen molar-refractivity contribution in [3.05, 3.63) is 90.1 Å². The summed E-state index contributed by atoms with van der Waals surface area (Å²) >= 11 is 1.42. The summed E-state index contributed by atoms with van der Waals surface area (Å²) in [6.07, 6.45) is 11.4. The van der Waals surface area contributed by atoms with E-state index in [1.165, 1.54) is 29.8 Å². The number of anilines is 1. The van der Waals surface area contributed by atoms with Crippen LogP contribution < -0.4 is 10.5 Å². The Morgan fingerprint density at radius 3 is 2.85 bits per heavy atom. The third kappa shape index (κ3) is 4.10. The summed E-state index contributed by atoms with van der Waals surface area (Å²) in [7, 11) is 0. The first-order chi connectivity index (χ1) is 19.4. The van der Waals surface area contributed by atoms with Gasteiger partial charge in [0.05, 0.1) is 28.2 Å². The van der Waals surface area contributed by atoms with Crippen LogP contribution in [0.4, 0.5) is 10.2 Å². The van der Waals surface area contributed by atoms with E-state index in [9.17, 15) is 4.39 Å². The number of ether oxygens (including phenoxy) is 1. The average Bonchev–Trinajstić information content (AvgIpc) is 3.48. The summed E-state index contributed by atoms with van der Waals surface area (Å²) in [5, 5.41) is 6.22. The third-order valence-electron chi connectivity index (χ3n) is 7.05. The maximum atomic E-state index is 14.4. The Bertz CT molecular complexity index is 1830. The lowest BCUT2D eigenvalue weighted by Gasteiger charge is -2.34. The SMILES string of the molecule is C=C1C(c2cccc(F)c2)=C(C(C)n2nc(-c3cnc(OC4CC4)s3)c3c(N)ncnc32)N=C2C=CC(C)=CN12. The highest BCUT2D eigenvalue weighted by atomic mass is 32.1. The van der Waals surface area contributed by atoms with Crippen molar-refractivity contribution in [2.75, 3.05) is 5.73 Å². The highest BCUT2D eigenvalue weighted by Gasteiger charge is 2.32. The lowest BCUT2D eigenvalue weighted by atomic mass is 9.95. The molecule has 5 heterocycles. The Balaban J connectivity index is 1.40. The number of hydrogen-bond acceptors (Lipinski definition) is 9. The Morgan fingerprint density at radius 1 is 1.20 bits per heavy atom. The van der Waals surface area contributed by atoms with Gasteiger partial charge in [0.25, 0.3) is 5.19 Å². The molecule has 1 saturated carbocycles. The Labute approximate surface area is 233 Å². The Morgan fingerprint density at radius 2 is 2.05 bits per heavy atom. The molecule has 2 aliphatic heterocycles. The molecule has 11 heteroatoms. The number of benzene rings is 1. The second-order valence-corrected chi connectivity index (χ2v) is 11.0. The number of aliphatic imine (C=N–C) groups is 1. The molecule has 0 bridgehead atoms. The van der Waals surface area contributed by atoms with Crippen LogP contribution in [0.3, 0.4) is 0 Å². The van der Waals surface area contributed by atoms with Crippen molar-refractivity contribution >= 4 is 39.6 Å². The van der Waals surface area contributed by atoms with Gasteiger partial charge in [0, 0.05) is 17.5 Å². The number of fused-ring (bicyclic) bond motifs is 2. The van der Waals surface area contributed by atoms with Crippen LogP contribution in [-0.2, 0) is 0 Å². The van der Waals surface area contributed by atoms with E-state index in [1.54, 1.807) is 16.9 Å². The quantitative estimate of drug-likeness (QED) is 0.318. The number of rotatable bonds is 6. The molecule has 0 amide bonds.